The predicted octanol–water partition coefficient (Wildman–Crippen LogP) is 3.30. The molecule has 0 aromatic carbocycles. The molecule has 0 unspecified atom stereocenters. The van der Waals surface area contributed by atoms with Crippen molar-refractivity contribution in [3.05, 3.63) is 53.8 Å². The summed E-state index contributed by atoms with van der Waals surface area (Å²) >= 11 is 0. The van der Waals surface area contributed by atoms with Gasteiger partial charge in [-0.3, -0.25) is 9.59 Å². The topological polar surface area (TPSA) is 122 Å². The van der Waals surface area contributed by atoms with E-state index >= 15 is 0 Å². The number of nitrogens with zero attached hydrogens (tertiary/aromatic N) is 2. The lowest BCUT2D eigenvalue weighted by Gasteiger charge is -2.29. The molecule has 0 aliphatic carbocycles. The van der Waals surface area contributed by atoms with E-state index in [-0.39, 0.29) is 48.7 Å². The number of hydrogen-bond acceptors (Lipinski definition) is 7. The second-order valence-electron chi connectivity index (χ2n) is 10.3. The Bertz CT molecular complexity index is 1080. The average molecular weight is 532 g/mol. The second-order valence-corrected chi connectivity index (χ2v) is 10.3. The minimum Gasteiger partial charge on any atom is -0.460 e. The number of hydrogen-bond donors (Lipinski definition) is 2. The van der Waals surface area contributed by atoms with E-state index in [9.17, 15) is 23.9 Å². The fourth-order valence-electron chi connectivity index (χ4n) is 4.74. The Kier molecular flexibility index (Phi) is 10.4. The van der Waals surface area contributed by atoms with Crippen LogP contribution >= 0.6 is 0 Å². The molecule has 5 atom stereocenters. The van der Waals surface area contributed by atoms with Gasteiger partial charge in [-0.1, -0.05) is 50.6 Å². The van der Waals surface area contributed by atoms with E-state index in [0.29, 0.717) is 25.0 Å². The Morgan fingerprint density at radius 1 is 1.24 bits per heavy atom. The van der Waals surface area contributed by atoms with E-state index in [4.69, 9.17) is 9.15 Å². The normalized spacial score (nSPS) is 29.4. The van der Waals surface area contributed by atoms with Crippen LogP contribution in [0.2, 0.25) is 0 Å². The van der Waals surface area contributed by atoms with Crippen molar-refractivity contribution in [3.8, 4) is 0 Å². The summed E-state index contributed by atoms with van der Waals surface area (Å²) < 4.78 is 25.8. The van der Waals surface area contributed by atoms with E-state index in [1.165, 1.54) is 23.3 Å². The number of amides is 2. The molecule has 2 N–H and O–H groups in total. The molecular weight excluding hydrogens is 493 g/mol. The number of oxazole rings is 1. The molecule has 3 rings (SSSR count). The zero-order chi connectivity index (χ0) is 27.8. The molecule has 2 aliphatic rings. The van der Waals surface area contributed by atoms with E-state index in [0.717, 1.165) is 0 Å². The van der Waals surface area contributed by atoms with Crippen LogP contribution in [0.5, 0.6) is 0 Å². The highest BCUT2D eigenvalue weighted by atomic mass is 19.1. The summed E-state index contributed by atoms with van der Waals surface area (Å²) in [7, 11) is 0. The number of fused-ring (bicyclic) bond motifs is 3. The molecule has 2 aliphatic heterocycles. The molecule has 2 amide bonds. The maximum atomic E-state index is 14.6. The molecule has 1 aromatic heterocycles. The van der Waals surface area contributed by atoms with Crippen LogP contribution in [-0.4, -0.2) is 70.3 Å². The minimum atomic E-state index is -1.45. The van der Waals surface area contributed by atoms with Gasteiger partial charge in [0.25, 0.3) is 5.91 Å². The Balaban J connectivity index is 1.85. The van der Waals surface area contributed by atoms with Crippen molar-refractivity contribution in [2.75, 3.05) is 13.1 Å². The van der Waals surface area contributed by atoms with Gasteiger partial charge in [-0.2, -0.15) is 0 Å². The molecule has 3 heterocycles. The number of nitrogens with one attached hydrogen (secondary N) is 1. The Labute approximate surface area is 222 Å². The van der Waals surface area contributed by atoms with Crippen LogP contribution in [0.25, 0.3) is 0 Å². The van der Waals surface area contributed by atoms with Gasteiger partial charge in [0.1, 0.15) is 24.6 Å². The number of alkyl halides is 1. The lowest BCUT2D eigenvalue weighted by molar-refractivity contribution is -0.158. The number of cyclic esters (lactones) is 1. The highest BCUT2D eigenvalue weighted by Crippen LogP contribution is 2.25. The Hall–Kier alpha value is -3.27. The number of carbonyl (C=O) groups excluding carboxylic acids is 3. The average Bonchev–Trinajstić information content (AvgIpc) is 3.52. The van der Waals surface area contributed by atoms with Crippen LogP contribution in [0, 0.1) is 11.8 Å². The Morgan fingerprint density at radius 2 is 2.00 bits per heavy atom. The fourth-order valence-corrected chi connectivity index (χ4v) is 4.74. The molecule has 1 fully saturated rings. The van der Waals surface area contributed by atoms with Crippen LogP contribution in [0.3, 0.4) is 0 Å². The third-order valence-electron chi connectivity index (χ3n) is 6.66. The summed E-state index contributed by atoms with van der Waals surface area (Å²) in [5.74, 6) is -1.51. The summed E-state index contributed by atoms with van der Waals surface area (Å²) in [6.45, 7) is 8.13. The molecule has 1 aromatic rings. The molecule has 0 saturated carbocycles. The maximum absolute atomic E-state index is 14.6. The smallest absolute Gasteiger partial charge is 0.329 e. The quantitative estimate of drug-likeness (QED) is 0.533. The monoisotopic (exact) mass is 531 g/mol. The number of allylic oxidation sites excluding steroid dienone is 2. The van der Waals surface area contributed by atoms with Crippen LogP contribution in [-0.2, 0) is 20.7 Å². The van der Waals surface area contributed by atoms with Gasteiger partial charge in [0.05, 0.1) is 12.5 Å². The number of ether oxygens (including phenoxy) is 1. The molecule has 10 heteroatoms. The lowest BCUT2D eigenvalue weighted by atomic mass is 9.94. The molecule has 2 bridgehead atoms. The van der Waals surface area contributed by atoms with Crippen molar-refractivity contribution in [2.24, 2.45) is 11.8 Å². The SMILES string of the molecule is CC1=C[C@@H](O)C[C@H](F)Cc2nc(co2)C(=O)N2CCC[C@@H]2C(=O)O[C@H](C(C)C)[C@H](C)/C=C/C(=O)NCC=C1. The number of aromatic nitrogens is 1. The number of halogens is 1. The molecule has 9 nitrogen and oxygen atoms in total. The number of rotatable bonds is 1. The largest absolute Gasteiger partial charge is 0.460 e. The minimum absolute atomic E-state index is 0.00515. The second kappa shape index (κ2) is 13.5. The highest BCUT2D eigenvalue weighted by Gasteiger charge is 2.38. The molecule has 0 spiro atoms. The van der Waals surface area contributed by atoms with Crippen LogP contribution < -0.4 is 5.32 Å². The van der Waals surface area contributed by atoms with Gasteiger partial charge in [-0.05, 0) is 31.8 Å². The zero-order valence-electron chi connectivity index (χ0n) is 22.4. The first-order valence-electron chi connectivity index (χ1n) is 13.1. The van der Waals surface area contributed by atoms with Crippen LogP contribution in [0.1, 0.15) is 63.3 Å². The number of carbonyl (C=O) groups is 3. The van der Waals surface area contributed by atoms with Gasteiger partial charge < -0.3 is 24.5 Å². The molecule has 0 radical (unpaired) electrons. The van der Waals surface area contributed by atoms with Gasteiger partial charge in [0.2, 0.25) is 5.91 Å². The van der Waals surface area contributed by atoms with Crippen molar-refractivity contribution >= 4 is 17.8 Å². The van der Waals surface area contributed by atoms with Gasteiger partial charge in [0, 0.05) is 25.4 Å². The fraction of sp³-hybridized carbons (Fsp3) is 0.571. The van der Waals surface area contributed by atoms with Gasteiger partial charge >= 0.3 is 5.97 Å². The highest BCUT2D eigenvalue weighted by molar-refractivity contribution is 5.95. The lowest BCUT2D eigenvalue weighted by Crippen LogP contribution is -2.44. The summed E-state index contributed by atoms with van der Waals surface area (Å²) in [5.41, 5.74) is 0.710. The Morgan fingerprint density at radius 3 is 2.74 bits per heavy atom. The third-order valence-corrected chi connectivity index (χ3v) is 6.66. The van der Waals surface area contributed by atoms with E-state index in [2.05, 4.69) is 10.3 Å². The summed E-state index contributed by atoms with van der Waals surface area (Å²) in [6.07, 6.45) is 7.01. The van der Waals surface area contributed by atoms with Crippen LogP contribution in [0.15, 0.2) is 46.6 Å². The van der Waals surface area contributed by atoms with Crippen LogP contribution in [0.4, 0.5) is 4.39 Å². The summed E-state index contributed by atoms with van der Waals surface area (Å²) in [5, 5.41) is 13.0. The molecule has 208 valence electrons. The van der Waals surface area contributed by atoms with Crippen molar-refractivity contribution in [1.29, 1.82) is 0 Å². The molecule has 1 saturated heterocycles. The van der Waals surface area contributed by atoms with Crippen molar-refractivity contribution in [2.45, 2.75) is 77.8 Å². The molecule has 38 heavy (non-hydrogen) atoms. The number of esters is 1. The molecular formula is C28H38FN3O6. The summed E-state index contributed by atoms with van der Waals surface area (Å²) in [6, 6.07) is -0.768. The van der Waals surface area contributed by atoms with Crippen molar-refractivity contribution in [3.63, 3.8) is 0 Å². The third kappa shape index (κ3) is 8.11. The predicted molar refractivity (Wildman–Crippen MR) is 139 cm³/mol. The number of aliphatic hydroxyl groups is 1. The standard InChI is InChI=1S/C28H38FN3O6/c1-17(2)26-19(4)9-10-24(34)30-11-5-7-18(3)13-21(33)14-20(29)15-25-31-22(16-37-25)27(35)32-12-6-8-23(32)28(36)38-26/h5,7,9-10,13,16-17,19-21,23,26,33H,6,8,11-12,14-15H2,1-4H3,(H,30,34)/b7-5?,10-9+,18-13?/t19-,20+,21-,23-,26-/m1/s1. The van der Waals surface area contributed by atoms with Gasteiger partial charge in [0.15, 0.2) is 11.6 Å². The van der Waals surface area contributed by atoms with E-state index in [1.54, 1.807) is 25.2 Å². The van der Waals surface area contributed by atoms with E-state index < -0.39 is 36.3 Å². The first kappa shape index (κ1) is 29.3. The van der Waals surface area contributed by atoms with Crippen molar-refractivity contribution < 1.29 is 33.0 Å². The maximum Gasteiger partial charge on any atom is 0.329 e. The first-order chi connectivity index (χ1) is 18.0. The number of aliphatic hydroxyl groups excluding tert-OH is 1. The zero-order valence-corrected chi connectivity index (χ0v) is 22.4. The van der Waals surface area contributed by atoms with E-state index in [1.807, 2.05) is 20.8 Å². The first-order valence-corrected chi connectivity index (χ1v) is 13.1. The van der Waals surface area contributed by atoms with Gasteiger partial charge in [-0.15, -0.1) is 0 Å². The van der Waals surface area contributed by atoms with Gasteiger partial charge in [-0.25, -0.2) is 14.2 Å². The van der Waals surface area contributed by atoms with Crippen molar-refractivity contribution in [1.82, 2.24) is 15.2 Å². The summed E-state index contributed by atoms with van der Waals surface area (Å²) in [4.78, 5) is 44.1.